The Kier molecular flexibility index (Phi) is 6.39. The number of fused-ring (bicyclic) bond motifs is 2. The van der Waals surface area contributed by atoms with Crippen LogP contribution in [0.1, 0.15) is 31.8 Å². The highest BCUT2D eigenvalue weighted by molar-refractivity contribution is 6.11. The summed E-state index contributed by atoms with van der Waals surface area (Å²) in [5.74, 6) is -0.294. The van der Waals surface area contributed by atoms with E-state index >= 15 is 0 Å². The van der Waals surface area contributed by atoms with Gasteiger partial charge in [0.25, 0.3) is 11.8 Å². The van der Waals surface area contributed by atoms with Crippen LogP contribution in [-0.4, -0.2) is 11.8 Å². The van der Waals surface area contributed by atoms with E-state index in [1.54, 1.807) is 11.0 Å². The summed E-state index contributed by atoms with van der Waals surface area (Å²) in [4.78, 5) is 29.0. The lowest BCUT2D eigenvalue weighted by atomic mass is 9.99. The molecule has 190 valence electrons. The Hall–Kier alpha value is -5.16. The van der Waals surface area contributed by atoms with Gasteiger partial charge in [0, 0.05) is 22.5 Å². The van der Waals surface area contributed by atoms with Gasteiger partial charge in [-0.3, -0.25) is 9.59 Å². The van der Waals surface area contributed by atoms with Crippen molar-refractivity contribution in [1.82, 2.24) is 0 Å². The van der Waals surface area contributed by atoms with Gasteiger partial charge in [0.2, 0.25) is 0 Å². The zero-order valence-electron chi connectivity index (χ0n) is 21.5. The van der Waals surface area contributed by atoms with E-state index < -0.39 is 0 Å². The molecule has 0 fully saturated rings. The van der Waals surface area contributed by atoms with Gasteiger partial charge in [-0.2, -0.15) is 0 Å². The van der Waals surface area contributed by atoms with Gasteiger partial charge >= 0.3 is 0 Å². The molecule has 0 radical (unpaired) electrons. The molecule has 0 saturated heterocycles. The van der Waals surface area contributed by atoms with E-state index in [1.165, 1.54) is 0 Å². The van der Waals surface area contributed by atoms with Crippen molar-refractivity contribution in [3.63, 3.8) is 0 Å². The number of nitrogens with one attached hydrogen (secondary N) is 2. The van der Waals surface area contributed by atoms with E-state index in [4.69, 9.17) is 0 Å². The minimum atomic E-state index is -0.194. The van der Waals surface area contributed by atoms with Gasteiger partial charge in [-0.1, -0.05) is 78.9 Å². The number of rotatable bonds is 4. The molecule has 0 aliphatic carbocycles. The van der Waals surface area contributed by atoms with E-state index in [9.17, 15) is 9.59 Å². The predicted octanol–water partition coefficient (Wildman–Crippen LogP) is 7.82. The molecule has 1 aliphatic heterocycles. The summed E-state index contributed by atoms with van der Waals surface area (Å²) < 4.78 is 0. The van der Waals surface area contributed by atoms with E-state index in [2.05, 4.69) is 10.6 Å². The second-order valence-corrected chi connectivity index (χ2v) is 9.59. The van der Waals surface area contributed by atoms with Crippen LogP contribution in [0.3, 0.4) is 0 Å². The normalized spacial score (nSPS) is 12.0. The Balaban J connectivity index is 1.28. The number of aryl methyl sites for hydroxylation is 1. The fraction of sp³-hybridized carbons (Fsp3) is 0.0588. The third kappa shape index (κ3) is 4.78. The molecule has 0 atom stereocenters. The molecule has 0 unspecified atom stereocenters. The molecule has 0 bridgehead atoms. The average molecular weight is 510 g/mol. The summed E-state index contributed by atoms with van der Waals surface area (Å²) in [7, 11) is 0. The first kappa shape index (κ1) is 24.2. The monoisotopic (exact) mass is 509 g/mol. The Morgan fingerprint density at radius 3 is 2.26 bits per heavy atom. The molecule has 0 aromatic heterocycles. The van der Waals surface area contributed by atoms with Gasteiger partial charge in [-0.15, -0.1) is 0 Å². The van der Waals surface area contributed by atoms with E-state index in [0.29, 0.717) is 23.4 Å². The number of nitrogens with zero attached hydrogens (tertiary/aromatic N) is 1. The average Bonchev–Trinajstić information content (AvgIpc) is 3.15. The summed E-state index contributed by atoms with van der Waals surface area (Å²) in [5, 5.41) is 6.52. The standard InChI is InChI=1S/C34H27N3O2/c1-23-21-25(34(39)37-22-26-13-5-8-16-30(26)35-31-17-9-10-18-32(31)37)19-20-29(23)36-33(38)28-15-7-6-14-27(28)24-11-3-2-4-12-24/h2-21,35H,22H2,1H3,(H,36,38). The van der Waals surface area contributed by atoms with Crippen molar-refractivity contribution in [3.05, 3.63) is 144 Å². The van der Waals surface area contributed by atoms with Crippen molar-refractivity contribution in [1.29, 1.82) is 0 Å². The number of hydrogen-bond acceptors (Lipinski definition) is 3. The van der Waals surface area contributed by atoms with Crippen molar-refractivity contribution in [2.75, 3.05) is 15.5 Å². The van der Waals surface area contributed by atoms with Crippen LogP contribution < -0.4 is 15.5 Å². The highest BCUT2D eigenvalue weighted by Crippen LogP contribution is 2.36. The number of benzene rings is 5. The first-order valence-corrected chi connectivity index (χ1v) is 12.9. The van der Waals surface area contributed by atoms with Crippen LogP contribution in [0.15, 0.2) is 121 Å². The summed E-state index contributed by atoms with van der Waals surface area (Å²) in [5.41, 5.74) is 8.23. The molecule has 0 saturated carbocycles. The van der Waals surface area contributed by atoms with Crippen LogP contribution in [-0.2, 0) is 6.54 Å². The topological polar surface area (TPSA) is 61.4 Å². The van der Waals surface area contributed by atoms with E-state index in [1.807, 2.05) is 122 Å². The van der Waals surface area contributed by atoms with Crippen molar-refractivity contribution < 1.29 is 9.59 Å². The lowest BCUT2D eigenvalue weighted by Gasteiger charge is -2.23. The summed E-state index contributed by atoms with van der Waals surface area (Å²) >= 11 is 0. The van der Waals surface area contributed by atoms with Crippen molar-refractivity contribution in [3.8, 4) is 11.1 Å². The highest BCUT2D eigenvalue weighted by atomic mass is 16.2. The Morgan fingerprint density at radius 2 is 1.44 bits per heavy atom. The minimum Gasteiger partial charge on any atom is -0.354 e. The fourth-order valence-electron chi connectivity index (χ4n) is 5.01. The quantitative estimate of drug-likeness (QED) is 0.260. The Bertz CT molecular complexity index is 1690. The predicted molar refractivity (Wildman–Crippen MR) is 158 cm³/mol. The van der Waals surface area contributed by atoms with E-state index in [-0.39, 0.29) is 11.8 Å². The second-order valence-electron chi connectivity index (χ2n) is 9.59. The first-order valence-electron chi connectivity index (χ1n) is 12.9. The number of anilines is 4. The van der Waals surface area contributed by atoms with Crippen LogP contribution >= 0.6 is 0 Å². The number of amides is 2. The number of carbonyl (C=O) groups excluding carboxylic acids is 2. The number of para-hydroxylation sites is 3. The van der Waals surface area contributed by atoms with Gasteiger partial charge in [0.05, 0.1) is 17.9 Å². The third-order valence-corrected chi connectivity index (χ3v) is 7.03. The molecule has 39 heavy (non-hydrogen) atoms. The van der Waals surface area contributed by atoms with Crippen LogP contribution in [0.4, 0.5) is 22.7 Å². The third-order valence-electron chi connectivity index (χ3n) is 7.03. The fourth-order valence-corrected chi connectivity index (χ4v) is 5.01. The maximum atomic E-state index is 13.8. The Labute approximate surface area is 227 Å². The van der Waals surface area contributed by atoms with Gasteiger partial charge < -0.3 is 15.5 Å². The molecule has 5 heteroatoms. The minimum absolute atomic E-state index is 0.101. The van der Waals surface area contributed by atoms with Gasteiger partial charge in [0.1, 0.15) is 0 Å². The lowest BCUT2D eigenvalue weighted by molar-refractivity contribution is 0.0984. The van der Waals surface area contributed by atoms with Crippen LogP contribution in [0.5, 0.6) is 0 Å². The SMILES string of the molecule is Cc1cc(C(=O)N2Cc3ccccc3Nc3ccccc32)ccc1NC(=O)c1ccccc1-c1ccccc1. The molecule has 0 spiro atoms. The zero-order chi connectivity index (χ0) is 26.8. The van der Waals surface area contributed by atoms with Gasteiger partial charge in [0.15, 0.2) is 0 Å². The van der Waals surface area contributed by atoms with Gasteiger partial charge in [-0.25, -0.2) is 0 Å². The molecule has 2 amide bonds. The molecule has 1 aliphatic rings. The number of hydrogen-bond donors (Lipinski definition) is 2. The van der Waals surface area contributed by atoms with Crippen molar-refractivity contribution in [2.24, 2.45) is 0 Å². The molecule has 2 N–H and O–H groups in total. The summed E-state index contributed by atoms with van der Waals surface area (Å²) in [6.45, 7) is 2.36. The molecular weight excluding hydrogens is 482 g/mol. The Morgan fingerprint density at radius 1 is 0.744 bits per heavy atom. The second kappa shape index (κ2) is 10.3. The number of carbonyl (C=O) groups is 2. The molecular formula is C34H27N3O2. The van der Waals surface area contributed by atoms with Crippen molar-refractivity contribution in [2.45, 2.75) is 13.5 Å². The first-order chi connectivity index (χ1) is 19.1. The van der Waals surface area contributed by atoms with E-state index in [0.717, 1.165) is 39.3 Å². The molecule has 5 aromatic rings. The largest absolute Gasteiger partial charge is 0.354 e. The molecule has 5 aromatic carbocycles. The van der Waals surface area contributed by atoms with Crippen molar-refractivity contribution >= 4 is 34.6 Å². The summed E-state index contributed by atoms with van der Waals surface area (Å²) in [6.07, 6.45) is 0. The molecule has 5 nitrogen and oxygen atoms in total. The molecule has 6 rings (SSSR count). The van der Waals surface area contributed by atoms with Crippen LogP contribution in [0.2, 0.25) is 0 Å². The zero-order valence-corrected chi connectivity index (χ0v) is 21.5. The van der Waals surface area contributed by atoms with Gasteiger partial charge in [-0.05, 0) is 71.6 Å². The highest BCUT2D eigenvalue weighted by Gasteiger charge is 2.25. The van der Waals surface area contributed by atoms with Crippen LogP contribution in [0, 0.1) is 6.92 Å². The van der Waals surface area contributed by atoms with Crippen LogP contribution in [0.25, 0.3) is 11.1 Å². The maximum absolute atomic E-state index is 13.8. The molecule has 1 heterocycles. The summed E-state index contributed by atoms with van der Waals surface area (Å²) in [6, 6.07) is 38.7. The maximum Gasteiger partial charge on any atom is 0.258 e. The smallest absolute Gasteiger partial charge is 0.258 e. The lowest BCUT2D eigenvalue weighted by Crippen LogP contribution is -2.30.